The highest BCUT2D eigenvalue weighted by molar-refractivity contribution is 14.1. The van der Waals surface area contributed by atoms with E-state index in [1.807, 2.05) is 22.9 Å². The van der Waals surface area contributed by atoms with E-state index < -0.39 is 23.5 Å². The highest BCUT2D eigenvalue weighted by Crippen LogP contribution is 2.46. The molecule has 3 unspecified atom stereocenters. The van der Waals surface area contributed by atoms with E-state index in [-0.39, 0.29) is 24.9 Å². The molecule has 0 saturated carbocycles. The van der Waals surface area contributed by atoms with Gasteiger partial charge in [0.1, 0.15) is 6.04 Å². The number of rotatable bonds is 1. The first-order valence-corrected chi connectivity index (χ1v) is 6.80. The van der Waals surface area contributed by atoms with E-state index >= 15 is 0 Å². The van der Waals surface area contributed by atoms with Gasteiger partial charge in [0, 0.05) is 13.0 Å². The Morgan fingerprint density at radius 2 is 2.26 bits per heavy atom. The third-order valence-corrected chi connectivity index (χ3v) is 5.22. The van der Waals surface area contributed by atoms with Gasteiger partial charge < -0.3 is 31.3 Å². The summed E-state index contributed by atoms with van der Waals surface area (Å²) in [5, 5.41) is 41.1. The van der Waals surface area contributed by atoms with Gasteiger partial charge in [-0.05, 0) is 0 Å². The Kier molecular flexibility index (Phi) is 2.65. The lowest BCUT2D eigenvalue weighted by atomic mass is 9.86. The molecule has 10 heteroatoms. The second-order valence-corrected chi connectivity index (χ2v) is 5.99. The summed E-state index contributed by atoms with van der Waals surface area (Å²) in [6.07, 6.45) is 0.0737. The molecule has 1 spiro atoms. The van der Waals surface area contributed by atoms with Crippen LogP contribution in [-0.4, -0.2) is 71.9 Å². The Labute approximate surface area is 123 Å². The number of nitrogens with zero attached hydrogens (tertiary/aromatic N) is 3. The molecule has 0 bridgehead atoms. The molecule has 3 atom stereocenters. The maximum atomic E-state index is 10.3. The van der Waals surface area contributed by atoms with Crippen molar-refractivity contribution >= 4 is 34.8 Å². The van der Waals surface area contributed by atoms with Crippen LogP contribution in [0.4, 0.5) is 0 Å². The second kappa shape index (κ2) is 3.84. The minimum atomic E-state index is -2.07. The van der Waals surface area contributed by atoms with Crippen LogP contribution in [0.3, 0.4) is 0 Å². The Balaban J connectivity index is 2.15. The van der Waals surface area contributed by atoms with E-state index in [9.17, 15) is 15.3 Å². The molecular formula is C9H15IN6O3. The van der Waals surface area contributed by atoms with Crippen molar-refractivity contribution in [1.82, 2.24) is 13.3 Å². The van der Waals surface area contributed by atoms with Crippen LogP contribution in [0.1, 0.15) is 6.42 Å². The minimum Gasteiger partial charge on any atom is -0.394 e. The number of aliphatic imine (C=N–C) groups is 1. The lowest BCUT2D eigenvalue weighted by Crippen LogP contribution is -2.79. The Morgan fingerprint density at radius 1 is 1.58 bits per heavy atom. The average molecular weight is 382 g/mol. The molecule has 0 aliphatic carbocycles. The molecule has 0 aromatic heterocycles. The molecule has 2 saturated heterocycles. The van der Waals surface area contributed by atoms with Crippen LogP contribution in [0.25, 0.3) is 0 Å². The van der Waals surface area contributed by atoms with E-state index in [4.69, 9.17) is 11.1 Å². The van der Waals surface area contributed by atoms with Crippen LogP contribution in [0.2, 0.25) is 0 Å². The number of halogens is 1. The largest absolute Gasteiger partial charge is 0.394 e. The van der Waals surface area contributed by atoms with Gasteiger partial charge in [0.25, 0.3) is 0 Å². The summed E-state index contributed by atoms with van der Waals surface area (Å²) in [5.74, 6) is -1.89. The fraction of sp³-hybridized carbons (Fsp3) is 0.778. The molecular weight excluding hydrogens is 367 g/mol. The zero-order valence-electron chi connectivity index (χ0n) is 9.91. The minimum absolute atomic E-state index is 0.0737. The van der Waals surface area contributed by atoms with Crippen molar-refractivity contribution in [3.8, 4) is 0 Å². The van der Waals surface area contributed by atoms with E-state index in [0.717, 1.165) is 0 Å². The van der Waals surface area contributed by atoms with Crippen molar-refractivity contribution in [3.63, 3.8) is 0 Å². The Bertz CT molecular complexity index is 471. The molecule has 7 N–H and O–H groups in total. The number of nitrogens with two attached hydrogens (primary N) is 1. The van der Waals surface area contributed by atoms with Crippen molar-refractivity contribution in [2.24, 2.45) is 10.7 Å². The standard InChI is InChI=1S/C9H15IN6O3/c10-16-4(3-17)5-9(14-6(11)13-5)8(18,19)1-2-15(9)7(16)12/h4-5,12,17-19H,1-3H2,(H3,11,13,14). The predicted molar refractivity (Wildman–Crippen MR) is 74.2 cm³/mol. The number of aliphatic hydroxyl groups is 3. The molecule has 0 aromatic rings. The molecule has 0 aromatic carbocycles. The van der Waals surface area contributed by atoms with E-state index in [0.29, 0.717) is 6.54 Å². The number of hydrogen-bond donors (Lipinski definition) is 6. The van der Waals surface area contributed by atoms with Crippen molar-refractivity contribution in [2.75, 3.05) is 13.2 Å². The van der Waals surface area contributed by atoms with E-state index in [2.05, 4.69) is 10.3 Å². The van der Waals surface area contributed by atoms with Crippen molar-refractivity contribution in [1.29, 1.82) is 5.41 Å². The third-order valence-electron chi connectivity index (χ3n) is 4.05. The molecule has 3 heterocycles. The van der Waals surface area contributed by atoms with Gasteiger partial charge in [0.15, 0.2) is 11.6 Å². The number of nitrogens with one attached hydrogen (secondary N) is 2. The Hall–Kier alpha value is -0.850. The fourth-order valence-electron chi connectivity index (χ4n) is 3.16. The second-order valence-electron chi connectivity index (χ2n) is 4.95. The predicted octanol–water partition coefficient (Wildman–Crippen LogP) is -2.68. The maximum Gasteiger partial charge on any atom is 0.210 e. The zero-order chi connectivity index (χ0) is 14.0. The molecule has 2 fully saturated rings. The van der Waals surface area contributed by atoms with Crippen LogP contribution < -0.4 is 11.1 Å². The van der Waals surface area contributed by atoms with E-state index in [1.165, 1.54) is 0 Å². The van der Waals surface area contributed by atoms with Gasteiger partial charge in [0.05, 0.1) is 35.5 Å². The molecule has 3 aliphatic rings. The molecule has 19 heavy (non-hydrogen) atoms. The van der Waals surface area contributed by atoms with Crippen LogP contribution in [-0.2, 0) is 0 Å². The van der Waals surface area contributed by atoms with Crippen molar-refractivity contribution in [2.45, 2.75) is 30.0 Å². The average Bonchev–Trinajstić information content (AvgIpc) is 2.80. The van der Waals surface area contributed by atoms with Gasteiger partial charge in [-0.2, -0.15) is 0 Å². The van der Waals surface area contributed by atoms with Crippen molar-refractivity contribution < 1.29 is 15.3 Å². The molecule has 3 rings (SSSR count). The van der Waals surface area contributed by atoms with Crippen LogP contribution >= 0.6 is 22.9 Å². The summed E-state index contributed by atoms with van der Waals surface area (Å²) in [5.41, 5.74) is 4.32. The first-order valence-electron chi connectivity index (χ1n) is 5.83. The molecule has 9 nitrogen and oxygen atoms in total. The normalized spacial score (nSPS) is 39.8. The van der Waals surface area contributed by atoms with Crippen LogP contribution in [0.5, 0.6) is 0 Å². The number of hydrogen-bond acceptors (Lipinski definition) is 7. The van der Waals surface area contributed by atoms with Crippen LogP contribution in [0.15, 0.2) is 4.99 Å². The SMILES string of the molecule is N=C1N(I)C(CO)C2N=C(N)NC23N1CCC3(O)O. The first-order chi connectivity index (χ1) is 8.85. The topological polar surface area (TPSA) is 141 Å². The van der Waals surface area contributed by atoms with Crippen molar-refractivity contribution in [3.05, 3.63) is 0 Å². The highest BCUT2D eigenvalue weighted by atomic mass is 127. The molecule has 0 amide bonds. The zero-order valence-corrected chi connectivity index (χ0v) is 12.1. The summed E-state index contributed by atoms with van der Waals surface area (Å²) < 4.78 is 1.55. The fourth-order valence-corrected chi connectivity index (χ4v) is 3.91. The van der Waals surface area contributed by atoms with Gasteiger partial charge in [-0.25, -0.2) is 4.99 Å². The van der Waals surface area contributed by atoms with Crippen LogP contribution in [0, 0.1) is 5.41 Å². The highest BCUT2D eigenvalue weighted by Gasteiger charge is 2.71. The van der Waals surface area contributed by atoms with Gasteiger partial charge >= 0.3 is 0 Å². The quantitative estimate of drug-likeness (QED) is 0.165. The molecule has 0 radical (unpaired) electrons. The molecule has 106 valence electrons. The lowest BCUT2D eigenvalue weighted by Gasteiger charge is -2.53. The summed E-state index contributed by atoms with van der Waals surface area (Å²) >= 11 is 1.92. The molecule has 3 aliphatic heterocycles. The number of aliphatic hydroxyl groups excluding tert-OH is 1. The summed E-state index contributed by atoms with van der Waals surface area (Å²) in [4.78, 5) is 5.74. The number of guanidine groups is 2. The summed E-state index contributed by atoms with van der Waals surface area (Å²) in [6, 6.07) is -1.21. The Morgan fingerprint density at radius 3 is 2.89 bits per heavy atom. The van der Waals surface area contributed by atoms with Gasteiger partial charge in [-0.15, -0.1) is 0 Å². The lowest BCUT2D eigenvalue weighted by molar-refractivity contribution is -0.225. The first kappa shape index (κ1) is 13.1. The van der Waals surface area contributed by atoms with Gasteiger partial charge in [0.2, 0.25) is 11.7 Å². The smallest absolute Gasteiger partial charge is 0.210 e. The van der Waals surface area contributed by atoms with Gasteiger partial charge in [-0.3, -0.25) is 8.52 Å². The maximum absolute atomic E-state index is 10.3. The third kappa shape index (κ3) is 1.39. The summed E-state index contributed by atoms with van der Waals surface area (Å²) in [7, 11) is 0. The summed E-state index contributed by atoms with van der Waals surface area (Å²) in [6.45, 7) is 0.0376. The van der Waals surface area contributed by atoms with Gasteiger partial charge in [-0.1, -0.05) is 0 Å². The van der Waals surface area contributed by atoms with E-state index in [1.54, 1.807) is 8.01 Å². The monoisotopic (exact) mass is 382 g/mol.